The van der Waals surface area contributed by atoms with Gasteiger partial charge in [0, 0.05) is 6.42 Å². The summed E-state index contributed by atoms with van der Waals surface area (Å²) in [5.74, 6) is -0.920. The van der Waals surface area contributed by atoms with E-state index >= 15 is 0 Å². The van der Waals surface area contributed by atoms with Crippen LogP contribution in [0, 0.1) is 0 Å². The van der Waals surface area contributed by atoms with E-state index < -0.39 is 29.9 Å². The van der Waals surface area contributed by atoms with Crippen LogP contribution in [0.15, 0.2) is 30.5 Å². The normalized spacial score (nSPS) is 14.4. The second-order valence-electron chi connectivity index (χ2n) is 7.71. The zero-order valence-corrected chi connectivity index (χ0v) is 19.5. The topological polar surface area (TPSA) is 127 Å². The third-order valence-electron chi connectivity index (χ3n) is 4.79. The number of aliphatic hydroxyl groups is 1. The number of hydrogen-bond donors (Lipinski definition) is 3. The Hall–Kier alpha value is -3.17. The number of amides is 1. The number of aromatic nitrogens is 5. The number of nitrogens with one attached hydrogen (secondary N) is 2. The molecule has 35 heavy (non-hydrogen) atoms. The third kappa shape index (κ3) is 8.22. The molecule has 3 N–H and O–H groups in total. The lowest BCUT2D eigenvalue weighted by Gasteiger charge is -2.18. The van der Waals surface area contributed by atoms with Crippen molar-refractivity contribution in [3.05, 3.63) is 46.7 Å². The number of carbonyl (C=O) groups excluding carboxylic acids is 1. The van der Waals surface area contributed by atoms with Gasteiger partial charge in [-0.05, 0) is 38.1 Å². The Bertz CT molecular complexity index is 1140. The Kier molecular flexibility index (Phi) is 8.34. The summed E-state index contributed by atoms with van der Waals surface area (Å²) in [7, 11) is 1.56. The number of rotatable bonds is 11. The Balaban J connectivity index is 1.46. The molecular weight excluding hydrogens is 494 g/mol. The summed E-state index contributed by atoms with van der Waals surface area (Å²) < 4.78 is 56.6. The Morgan fingerprint density at radius 3 is 2.77 bits per heavy atom. The van der Waals surface area contributed by atoms with E-state index in [0.29, 0.717) is 10.6 Å². The van der Waals surface area contributed by atoms with Gasteiger partial charge in [0.05, 0.1) is 19.2 Å². The maximum Gasteiger partial charge on any atom is 0.573 e. The van der Waals surface area contributed by atoms with Crippen LogP contribution in [-0.2, 0) is 29.9 Å². The van der Waals surface area contributed by atoms with E-state index in [9.17, 15) is 27.5 Å². The van der Waals surface area contributed by atoms with Gasteiger partial charge in [0.25, 0.3) is 0 Å². The van der Waals surface area contributed by atoms with Crippen molar-refractivity contribution in [3.63, 3.8) is 0 Å². The molecule has 0 aliphatic heterocycles. The van der Waals surface area contributed by atoms with Crippen molar-refractivity contribution in [1.29, 1.82) is 0 Å². The molecule has 0 bridgehead atoms. The molecule has 0 spiro atoms. The van der Waals surface area contributed by atoms with Gasteiger partial charge in [0.1, 0.15) is 22.6 Å². The van der Waals surface area contributed by atoms with Crippen LogP contribution in [0.3, 0.4) is 0 Å². The standard InChI is InChI=1S/C20H23F4N7O3S/c1-19(33,25-2)15-11-31(30-27-15)10-13(21)6-7-17-28-29-18(35-17)26-16(32)9-12-4-3-5-14(8-12)34-20(22,23)24/h3-5,8,11,13,25,33H,6-7,9-10H2,1-2H3,(H,26,29,32). The highest BCUT2D eigenvalue weighted by Gasteiger charge is 2.31. The molecule has 0 fully saturated rings. The van der Waals surface area contributed by atoms with Gasteiger partial charge in [0.2, 0.25) is 11.0 Å². The SMILES string of the molecule is CNC(C)(O)c1cn(CC(F)CCc2nnc(NC(=O)Cc3cccc(OC(F)(F)F)c3)s2)nn1. The van der Waals surface area contributed by atoms with E-state index in [-0.39, 0.29) is 36.6 Å². The van der Waals surface area contributed by atoms with Crippen molar-refractivity contribution < 1.29 is 32.2 Å². The number of nitrogens with zero attached hydrogens (tertiary/aromatic N) is 5. The van der Waals surface area contributed by atoms with E-state index in [1.54, 1.807) is 7.05 Å². The minimum Gasteiger partial charge on any atom is -0.406 e. The van der Waals surface area contributed by atoms with Gasteiger partial charge in [-0.1, -0.05) is 28.7 Å². The molecular formula is C20H23F4N7O3S. The molecule has 0 aliphatic rings. The summed E-state index contributed by atoms with van der Waals surface area (Å²) in [5, 5.41) is 31.4. The van der Waals surface area contributed by atoms with Crippen LogP contribution in [0.25, 0.3) is 0 Å². The number of halogens is 4. The molecule has 15 heteroatoms. The lowest BCUT2D eigenvalue weighted by molar-refractivity contribution is -0.274. The van der Waals surface area contributed by atoms with Crippen LogP contribution in [0.5, 0.6) is 5.75 Å². The highest BCUT2D eigenvalue weighted by molar-refractivity contribution is 7.15. The monoisotopic (exact) mass is 517 g/mol. The molecule has 1 amide bonds. The summed E-state index contributed by atoms with van der Waals surface area (Å²) in [4.78, 5) is 12.2. The Morgan fingerprint density at radius 1 is 1.29 bits per heavy atom. The van der Waals surface area contributed by atoms with Crippen molar-refractivity contribution in [1.82, 2.24) is 30.5 Å². The summed E-state index contributed by atoms with van der Waals surface area (Å²) in [6, 6.07) is 5.10. The fourth-order valence-corrected chi connectivity index (χ4v) is 3.69. The molecule has 10 nitrogen and oxygen atoms in total. The lowest BCUT2D eigenvalue weighted by atomic mass is 10.1. The fourth-order valence-electron chi connectivity index (χ4n) is 2.92. The molecule has 0 saturated heterocycles. The fraction of sp³-hybridized carbons (Fsp3) is 0.450. The summed E-state index contributed by atoms with van der Waals surface area (Å²) in [6.07, 6.45) is -4.46. The van der Waals surface area contributed by atoms with Gasteiger partial charge >= 0.3 is 6.36 Å². The molecule has 3 aromatic rings. The molecule has 2 aromatic heterocycles. The van der Waals surface area contributed by atoms with Gasteiger partial charge in [-0.3, -0.25) is 10.1 Å². The molecule has 0 aliphatic carbocycles. The quantitative estimate of drug-likeness (QED) is 0.262. The molecule has 2 atom stereocenters. The zero-order chi connectivity index (χ0) is 25.6. The molecule has 1 aromatic carbocycles. The molecule has 190 valence electrons. The second kappa shape index (κ2) is 11.0. The zero-order valence-electron chi connectivity index (χ0n) is 18.7. The van der Waals surface area contributed by atoms with E-state index in [1.165, 1.54) is 29.9 Å². The van der Waals surface area contributed by atoms with Gasteiger partial charge in [-0.2, -0.15) is 0 Å². The number of alkyl halides is 4. The number of ether oxygens (including phenoxy) is 1. The van der Waals surface area contributed by atoms with Gasteiger partial charge < -0.3 is 15.2 Å². The Labute approximate surface area is 201 Å². The first-order chi connectivity index (χ1) is 16.4. The second-order valence-corrected chi connectivity index (χ2v) is 8.77. The number of anilines is 1. The van der Waals surface area contributed by atoms with Gasteiger partial charge in [-0.25, -0.2) is 9.07 Å². The van der Waals surface area contributed by atoms with Crippen LogP contribution >= 0.6 is 11.3 Å². The van der Waals surface area contributed by atoms with Crippen LogP contribution in [0.1, 0.15) is 29.6 Å². The van der Waals surface area contributed by atoms with Gasteiger partial charge in [0.15, 0.2) is 5.72 Å². The van der Waals surface area contributed by atoms with E-state index in [4.69, 9.17) is 0 Å². The largest absolute Gasteiger partial charge is 0.573 e. The van der Waals surface area contributed by atoms with Crippen LogP contribution in [-0.4, -0.2) is 55.8 Å². The predicted molar refractivity (Wildman–Crippen MR) is 117 cm³/mol. The summed E-state index contributed by atoms with van der Waals surface area (Å²) >= 11 is 1.07. The van der Waals surface area contributed by atoms with Crippen molar-refractivity contribution in [2.75, 3.05) is 12.4 Å². The smallest absolute Gasteiger partial charge is 0.406 e. The maximum absolute atomic E-state index is 14.4. The average molecular weight is 518 g/mol. The molecule has 2 heterocycles. The first-order valence-electron chi connectivity index (χ1n) is 10.4. The molecule has 3 rings (SSSR count). The highest BCUT2D eigenvalue weighted by atomic mass is 32.1. The van der Waals surface area contributed by atoms with E-state index in [0.717, 1.165) is 23.5 Å². The number of benzene rings is 1. The first kappa shape index (κ1) is 26.4. The van der Waals surface area contributed by atoms with E-state index in [2.05, 4.69) is 35.9 Å². The highest BCUT2D eigenvalue weighted by Crippen LogP contribution is 2.24. The van der Waals surface area contributed by atoms with Gasteiger partial charge in [-0.15, -0.1) is 28.5 Å². The van der Waals surface area contributed by atoms with Crippen molar-refractivity contribution in [2.45, 2.75) is 51.0 Å². The number of hydrogen-bond acceptors (Lipinski definition) is 9. The van der Waals surface area contributed by atoms with Crippen molar-refractivity contribution >= 4 is 22.4 Å². The molecule has 0 saturated carbocycles. The van der Waals surface area contributed by atoms with Crippen molar-refractivity contribution in [2.24, 2.45) is 0 Å². The average Bonchev–Trinajstić information content (AvgIpc) is 3.41. The lowest BCUT2D eigenvalue weighted by Crippen LogP contribution is -2.36. The summed E-state index contributed by atoms with van der Waals surface area (Å²) in [5.41, 5.74) is -0.796. The van der Waals surface area contributed by atoms with Crippen LogP contribution in [0.4, 0.5) is 22.7 Å². The predicted octanol–water partition coefficient (Wildman–Crippen LogP) is 2.56. The van der Waals surface area contributed by atoms with Crippen LogP contribution < -0.4 is 15.4 Å². The first-order valence-corrected chi connectivity index (χ1v) is 11.2. The number of carbonyl (C=O) groups is 1. The third-order valence-corrected chi connectivity index (χ3v) is 5.69. The minimum absolute atomic E-state index is 0.0632. The molecule has 2 unspecified atom stereocenters. The van der Waals surface area contributed by atoms with E-state index in [1.807, 2.05) is 0 Å². The maximum atomic E-state index is 14.4. The Morgan fingerprint density at radius 2 is 2.06 bits per heavy atom. The summed E-state index contributed by atoms with van der Waals surface area (Å²) in [6.45, 7) is 1.44. The number of aryl methyl sites for hydroxylation is 1. The minimum atomic E-state index is -4.83. The van der Waals surface area contributed by atoms with Crippen molar-refractivity contribution in [3.8, 4) is 5.75 Å². The molecule has 0 radical (unpaired) electrons. The van der Waals surface area contributed by atoms with Crippen LogP contribution in [0.2, 0.25) is 0 Å².